The molecule has 0 unspecified atom stereocenters. The number of aromatic nitrogens is 1. The van der Waals surface area contributed by atoms with Crippen LogP contribution in [0.3, 0.4) is 0 Å². The van der Waals surface area contributed by atoms with Gasteiger partial charge in [0.05, 0.1) is 34.8 Å². The lowest BCUT2D eigenvalue weighted by molar-refractivity contribution is -0.274. The Morgan fingerprint density at radius 2 is 1.73 bits per heavy atom. The number of aryl methyl sites for hydroxylation is 2. The number of carbonyl (C=O) groups excluding carboxylic acids is 1. The Labute approximate surface area is 191 Å². The average Bonchev–Trinajstić information content (AvgIpc) is 2.72. The molecule has 11 heteroatoms. The summed E-state index contributed by atoms with van der Waals surface area (Å²) in [6, 6.07) is 8.92. The largest absolute Gasteiger partial charge is 0.573 e. The maximum atomic E-state index is 14.2. The van der Waals surface area contributed by atoms with Gasteiger partial charge >= 0.3 is 6.36 Å². The van der Waals surface area contributed by atoms with E-state index in [4.69, 9.17) is 16.3 Å². The standard InChI is InChI=1S/C22H18ClF4N3O3/c1-11-8-13(33-22(25,26)27)4-5-17(11)29-19-10-16(24)15(23)9-14(19)21(31)30-18-6-7-20(32-3)28-12(18)2/h4-10,29H,1-3H3,(H,30,31). The van der Waals surface area contributed by atoms with E-state index >= 15 is 0 Å². The van der Waals surface area contributed by atoms with Crippen LogP contribution < -0.4 is 20.1 Å². The Balaban J connectivity index is 1.91. The number of methoxy groups -OCH3 is 1. The van der Waals surface area contributed by atoms with E-state index in [-0.39, 0.29) is 16.3 Å². The number of hydrogen-bond donors (Lipinski definition) is 2. The maximum Gasteiger partial charge on any atom is 0.573 e. The molecule has 2 N–H and O–H groups in total. The number of nitrogens with zero attached hydrogens (tertiary/aromatic N) is 1. The molecule has 1 amide bonds. The quantitative estimate of drug-likeness (QED) is 0.397. The van der Waals surface area contributed by atoms with Gasteiger partial charge in [0.25, 0.3) is 5.91 Å². The minimum atomic E-state index is -4.83. The van der Waals surface area contributed by atoms with Crippen LogP contribution in [-0.2, 0) is 0 Å². The summed E-state index contributed by atoms with van der Waals surface area (Å²) in [5.41, 5.74) is 1.66. The number of hydrogen-bond acceptors (Lipinski definition) is 5. The van der Waals surface area contributed by atoms with Gasteiger partial charge < -0.3 is 20.1 Å². The van der Waals surface area contributed by atoms with E-state index < -0.39 is 23.8 Å². The molecular formula is C22H18ClF4N3O3. The van der Waals surface area contributed by atoms with Gasteiger partial charge in [-0.15, -0.1) is 13.2 Å². The fourth-order valence-electron chi connectivity index (χ4n) is 2.93. The van der Waals surface area contributed by atoms with Crippen molar-refractivity contribution in [3.8, 4) is 11.6 Å². The first-order valence-corrected chi connectivity index (χ1v) is 9.80. The van der Waals surface area contributed by atoms with Crippen molar-refractivity contribution in [2.45, 2.75) is 20.2 Å². The first-order valence-electron chi connectivity index (χ1n) is 9.42. The van der Waals surface area contributed by atoms with Gasteiger partial charge in [-0.1, -0.05) is 11.6 Å². The molecule has 3 rings (SSSR count). The molecule has 2 aromatic carbocycles. The van der Waals surface area contributed by atoms with Crippen LogP contribution in [0.1, 0.15) is 21.6 Å². The Hall–Kier alpha value is -3.53. The number of anilines is 3. The highest BCUT2D eigenvalue weighted by Crippen LogP contribution is 2.32. The lowest BCUT2D eigenvalue weighted by atomic mass is 10.1. The molecular weight excluding hydrogens is 466 g/mol. The van der Waals surface area contributed by atoms with Crippen molar-refractivity contribution in [3.63, 3.8) is 0 Å². The van der Waals surface area contributed by atoms with E-state index in [1.54, 1.807) is 19.1 Å². The summed E-state index contributed by atoms with van der Waals surface area (Å²) in [6.07, 6.45) is -4.83. The number of ether oxygens (including phenoxy) is 2. The second kappa shape index (κ2) is 9.53. The van der Waals surface area contributed by atoms with Crippen molar-refractivity contribution in [2.75, 3.05) is 17.7 Å². The normalized spacial score (nSPS) is 11.2. The fourth-order valence-corrected chi connectivity index (χ4v) is 3.09. The Morgan fingerprint density at radius 3 is 2.33 bits per heavy atom. The molecule has 174 valence electrons. The van der Waals surface area contributed by atoms with Gasteiger partial charge in [-0.05, 0) is 55.8 Å². The number of amides is 1. The predicted octanol–water partition coefficient (Wildman–Crippen LogP) is 6.39. The van der Waals surface area contributed by atoms with Gasteiger partial charge in [0.15, 0.2) is 0 Å². The van der Waals surface area contributed by atoms with Crippen LogP contribution in [0.4, 0.5) is 34.6 Å². The van der Waals surface area contributed by atoms with E-state index in [1.165, 1.54) is 20.1 Å². The molecule has 0 aliphatic heterocycles. The molecule has 0 aliphatic rings. The Kier molecular flexibility index (Phi) is 6.97. The Bertz CT molecular complexity index is 1200. The van der Waals surface area contributed by atoms with Crippen molar-refractivity contribution in [1.82, 2.24) is 4.98 Å². The molecule has 0 aliphatic carbocycles. The van der Waals surface area contributed by atoms with Crippen LogP contribution >= 0.6 is 11.6 Å². The number of benzene rings is 2. The van der Waals surface area contributed by atoms with Gasteiger partial charge in [-0.3, -0.25) is 4.79 Å². The summed E-state index contributed by atoms with van der Waals surface area (Å²) in [4.78, 5) is 17.1. The highest BCUT2D eigenvalue weighted by Gasteiger charge is 2.31. The topological polar surface area (TPSA) is 72.5 Å². The predicted molar refractivity (Wildman–Crippen MR) is 116 cm³/mol. The number of halogens is 5. The van der Waals surface area contributed by atoms with Crippen molar-refractivity contribution in [3.05, 3.63) is 70.1 Å². The second-order valence-electron chi connectivity index (χ2n) is 6.90. The smallest absolute Gasteiger partial charge is 0.481 e. The molecule has 0 fully saturated rings. The van der Waals surface area contributed by atoms with Gasteiger partial charge in [-0.2, -0.15) is 0 Å². The molecule has 3 aromatic rings. The molecule has 0 spiro atoms. The van der Waals surface area contributed by atoms with Crippen LogP contribution in [-0.4, -0.2) is 24.4 Å². The van der Waals surface area contributed by atoms with Crippen molar-refractivity contribution < 1.29 is 31.8 Å². The molecule has 0 radical (unpaired) electrons. The monoisotopic (exact) mass is 483 g/mol. The number of pyridine rings is 1. The zero-order valence-electron chi connectivity index (χ0n) is 17.6. The van der Waals surface area contributed by atoms with E-state index in [0.717, 1.165) is 24.3 Å². The van der Waals surface area contributed by atoms with Gasteiger partial charge in [-0.25, -0.2) is 9.37 Å². The molecule has 1 heterocycles. The van der Waals surface area contributed by atoms with Crippen molar-refractivity contribution in [1.29, 1.82) is 0 Å². The van der Waals surface area contributed by atoms with Gasteiger partial charge in [0.2, 0.25) is 5.88 Å². The lowest BCUT2D eigenvalue weighted by Gasteiger charge is -2.16. The third-order valence-corrected chi connectivity index (χ3v) is 4.81. The van der Waals surface area contributed by atoms with Crippen molar-refractivity contribution in [2.24, 2.45) is 0 Å². The molecule has 33 heavy (non-hydrogen) atoms. The van der Waals surface area contributed by atoms with Crippen molar-refractivity contribution >= 4 is 34.6 Å². The maximum absolute atomic E-state index is 14.2. The van der Waals surface area contributed by atoms with Crippen LogP contribution in [0.15, 0.2) is 42.5 Å². The van der Waals surface area contributed by atoms with E-state index in [0.29, 0.717) is 28.5 Å². The summed E-state index contributed by atoms with van der Waals surface area (Å²) >= 11 is 5.89. The zero-order valence-corrected chi connectivity index (χ0v) is 18.4. The van der Waals surface area contributed by atoms with Crippen LogP contribution in [0.2, 0.25) is 5.02 Å². The molecule has 6 nitrogen and oxygen atoms in total. The lowest BCUT2D eigenvalue weighted by Crippen LogP contribution is -2.17. The highest BCUT2D eigenvalue weighted by atomic mass is 35.5. The summed E-state index contributed by atoms with van der Waals surface area (Å²) in [6.45, 7) is 3.20. The number of carbonyl (C=O) groups is 1. The molecule has 1 aromatic heterocycles. The summed E-state index contributed by atoms with van der Waals surface area (Å²) < 4.78 is 60.4. The van der Waals surface area contributed by atoms with Crippen LogP contribution in [0.5, 0.6) is 11.6 Å². The molecule has 0 atom stereocenters. The average molecular weight is 484 g/mol. The van der Waals surface area contributed by atoms with Crippen LogP contribution in [0, 0.1) is 19.7 Å². The van der Waals surface area contributed by atoms with Gasteiger partial charge in [0.1, 0.15) is 11.6 Å². The minimum Gasteiger partial charge on any atom is -0.481 e. The van der Waals surface area contributed by atoms with E-state index in [9.17, 15) is 22.4 Å². The van der Waals surface area contributed by atoms with Crippen LogP contribution in [0.25, 0.3) is 0 Å². The SMILES string of the molecule is COc1ccc(NC(=O)c2cc(Cl)c(F)cc2Nc2ccc(OC(F)(F)F)cc2C)c(C)n1. The molecule has 0 bridgehead atoms. The van der Waals surface area contributed by atoms with Gasteiger partial charge in [0, 0.05) is 11.8 Å². The zero-order chi connectivity index (χ0) is 24.3. The van der Waals surface area contributed by atoms with E-state index in [1.807, 2.05) is 0 Å². The summed E-state index contributed by atoms with van der Waals surface area (Å²) in [7, 11) is 1.46. The third-order valence-electron chi connectivity index (χ3n) is 4.52. The fraction of sp³-hybridized carbons (Fsp3) is 0.182. The molecule has 0 saturated heterocycles. The first-order chi connectivity index (χ1) is 15.5. The number of nitrogens with one attached hydrogen (secondary N) is 2. The summed E-state index contributed by atoms with van der Waals surface area (Å²) in [5, 5.41) is 5.27. The highest BCUT2D eigenvalue weighted by molar-refractivity contribution is 6.31. The number of alkyl halides is 3. The Morgan fingerprint density at radius 1 is 1.03 bits per heavy atom. The summed E-state index contributed by atoms with van der Waals surface area (Å²) in [5.74, 6) is -1.43. The second-order valence-corrected chi connectivity index (χ2v) is 7.31. The minimum absolute atomic E-state index is 0.00614. The molecule has 0 saturated carbocycles. The third kappa shape index (κ3) is 6.04. The van der Waals surface area contributed by atoms with E-state index in [2.05, 4.69) is 20.4 Å². The number of rotatable bonds is 6. The first kappa shape index (κ1) is 24.1.